The largest absolute Gasteiger partial charge is 0.481 e. The van der Waals surface area contributed by atoms with E-state index in [0.717, 1.165) is 12.8 Å². The van der Waals surface area contributed by atoms with Crippen molar-refractivity contribution in [3.05, 3.63) is 0 Å². The van der Waals surface area contributed by atoms with E-state index in [1.54, 1.807) is 6.92 Å². The van der Waals surface area contributed by atoms with Crippen LogP contribution in [-0.2, 0) is 9.59 Å². The van der Waals surface area contributed by atoms with Gasteiger partial charge in [-0.2, -0.15) is 0 Å². The van der Waals surface area contributed by atoms with Gasteiger partial charge in [-0.1, -0.05) is 0 Å². The van der Waals surface area contributed by atoms with Crippen LogP contribution < -0.4 is 10.6 Å². The third kappa shape index (κ3) is 3.85. The van der Waals surface area contributed by atoms with Crippen LogP contribution in [0.15, 0.2) is 0 Å². The molecular formula is C13H21N3O4. The van der Waals surface area contributed by atoms with Crippen molar-refractivity contribution in [3.63, 3.8) is 0 Å². The Bertz CT molecular complexity index is 408. The number of hydrogen-bond donors (Lipinski definition) is 3. The van der Waals surface area contributed by atoms with E-state index in [1.807, 2.05) is 0 Å². The number of nitrogens with zero attached hydrogens (tertiary/aromatic N) is 1. The monoisotopic (exact) mass is 283 g/mol. The summed E-state index contributed by atoms with van der Waals surface area (Å²) in [6, 6.07) is -0.712. The van der Waals surface area contributed by atoms with Gasteiger partial charge in [0, 0.05) is 19.1 Å². The molecule has 1 heterocycles. The highest BCUT2D eigenvalue weighted by Crippen LogP contribution is 2.19. The number of carboxylic acids is 1. The average Bonchev–Trinajstić information content (AvgIpc) is 3.22. The van der Waals surface area contributed by atoms with E-state index >= 15 is 0 Å². The second-order valence-electron chi connectivity index (χ2n) is 5.58. The Morgan fingerprint density at radius 2 is 1.95 bits per heavy atom. The lowest BCUT2D eigenvalue weighted by Gasteiger charge is -2.31. The van der Waals surface area contributed by atoms with E-state index in [2.05, 4.69) is 10.6 Å². The third-order valence-corrected chi connectivity index (χ3v) is 3.71. The van der Waals surface area contributed by atoms with E-state index in [0.29, 0.717) is 19.4 Å². The summed E-state index contributed by atoms with van der Waals surface area (Å²) in [7, 11) is 0. The molecule has 7 heteroatoms. The molecule has 1 aliphatic heterocycles. The molecule has 20 heavy (non-hydrogen) atoms. The first-order valence-corrected chi connectivity index (χ1v) is 7.06. The zero-order valence-corrected chi connectivity index (χ0v) is 11.6. The van der Waals surface area contributed by atoms with Gasteiger partial charge in [-0.15, -0.1) is 0 Å². The molecule has 1 saturated carbocycles. The van der Waals surface area contributed by atoms with E-state index in [4.69, 9.17) is 5.11 Å². The van der Waals surface area contributed by atoms with E-state index < -0.39 is 17.9 Å². The molecule has 0 bridgehead atoms. The molecule has 0 aromatic rings. The summed E-state index contributed by atoms with van der Waals surface area (Å²) in [6.07, 6.45) is 3.27. The van der Waals surface area contributed by atoms with Crippen molar-refractivity contribution in [3.8, 4) is 0 Å². The van der Waals surface area contributed by atoms with Gasteiger partial charge in [-0.05, 0) is 32.6 Å². The molecule has 0 spiro atoms. The number of nitrogens with one attached hydrogen (secondary N) is 2. The second kappa shape index (κ2) is 6.11. The normalized spacial score (nSPS) is 23.9. The molecule has 112 valence electrons. The van der Waals surface area contributed by atoms with Crippen LogP contribution in [0.3, 0.4) is 0 Å². The molecule has 2 aliphatic rings. The standard InChI is InChI=1S/C13H21N3O4/c1-8(11(17)15-10-4-5-10)14-13(20)16-6-2-3-9(7-16)12(18)19/h8-10H,2-7H2,1H3,(H,14,20)(H,15,17)(H,18,19). The van der Waals surface area contributed by atoms with Gasteiger partial charge in [0.25, 0.3) is 0 Å². The molecule has 7 nitrogen and oxygen atoms in total. The van der Waals surface area contributed by atoms with Crippen LogP contribution >= 0.6 is 0 Å². The topological polar surface area (TPSA) is 98.7 Å². The molecular weight excluding hydrogens is 262 g/mol. The van der Waals surface area contributed by atoms with Crippen molar-refractivity contribution in [2.75, 3.05) is 13.1 Å². The fourth-order valence-electron chi connectivity index (χ4n) is 2.26. The average molecular weight is 283 g/mol. The van der Waals surface area contributed by atoms with Gasteiger partial charge in [0.05, 0.1) is 5.92 Å². The summed E-state index contributed by atoms with van der Waals surface area (Å²) in [5, 5.41) is 14.4. The number of urea groups is 1. The molecule has 0 aromatic heterocycles. The van der Waals surface area contributed by atoms with Crippen molar-refractivity contribution in [1.29, 1.82) is 0 Å². The van der Waals surface area contributed by atoms with Crippen molar-refractivity contribution in [2.24, 2.45) is 5.92 Å². The van der Waals surface area contributed by atoms with Crippen LogP contribution in [0, 0.1) is 5.92 Å². The zero-order chi connectivity index (χ0) is 14.7. The van der Waals surface area contributed by atoms with Crippen molar-refractivity contribution in [1.82, 2.24) is 15.5 Å². The predicted molar refractivity (Wildman–Crippen MR) is 71.1 cm³/mol. The summed E-state index contributed by atoms with van der Waals surface area (Å²) in [6.45, 7) is 2.37. The lowest BCUT2D eigenvalue weighted by Crippen LogP contribution is -2.52. The highest BCUT2D eigenvalue weighted by atomic mass is 16.4. The van der Waals surface area contributed by atoms with E-state index in [9.17, 15) is 14.4 Å². The van der Waals surface area contributed by atoms with Crippen LogP contribution in [0.5, 0.6) is 0 Å². The SMILES string of the molecule is CC(NC(=O)N1CCCC(C(=O)O)C1)C(=O)NC1CC1. The molecule has 2 atom stereocenters. The molecule has 1 saturated heterocycles. The Balaban J connectivity index is 1.80. The van der Waals surface area contributed by atoms with Crippen LogP contribution in [-0.4, -0.2) is 53.1 Å². The van der Waals surface area contributed by atoms with Gasteiger partial charge in [-0.25, -0.2) is 4.79 Å². The third-order valence-electron chi connectivity index (χ3n) is 3.71. The van der Waals surface area contributed by atoms with Gasteiger partial charge in [0.2, 0.25) is 5.91 Å². The van der Waals surface area contributed by atoms with Crippen molar-refractivity contribution in [2.45, 2.75) is 44.7 Å². The number of likely N-dealkylation sites (tertiary alicyclic amines) is 1. The summed E-state index contributed by atoms with van der Waals surface area (Å²) in [4.78, 5) is 36.2. The molecule has 3 N–H and O–H groups in total. The Morgan fingerprint density at radius 1 is 1.25 bits per heavy atom. The Kier molecular flexibility index (Phi) is 4.46. The first-order chi connectivity index (χ1) is 9.47. The van der Waals surface area contributed by atoms with E-state index in [-0.39, 0.29) is 24.5 Å². The summed E-state index contributed by atoms with van der Waals surface area (Å²) >= 11 is 0. The maximum atomic E-state index is 12.0. The minimum Gasteiger partial charge on any atom is -0.481 e. The Hall–Kier alpha value is -1.79. The number of carboxylic acid groups (broad SMARTS) is 1. The number of carbonyl (C=O) groups excluding carboxylic acids is 2. The van der Waals surface area contributed by atoms with Crippen molar-refractivity contribution >= 4 is 17.9 Å². The fraction of sp³-hybridized carbons (Fsp3) is 0.769. The number of carbonyl (C=O) groups is 3. The minimum atomic E-state index is -0.873. The van der Waals surface area contributed by atoms with E-state index in [1.165, 1.54) is 4.90 Å². The molecule has 3 amide bonds. The Labute approximate surface area is 117 Å². The maximum Gasteiger partial charge on any atom is 0.318 e. The van der Waals surface area contributed by atoms with Gasteiger partial charge in [0.15, 0.2) is 0 Å². The quantitative estimate of drug-likeness (QED) is 0.684. The maximum absolute atomic E-state index is 12.0. The number of hydrogen-bond acceptors (Lipinski definition) is 3. The molecule has 0 radical (unpaired) electrons. The molecule has 0 aromatic carbocycles. The zero-order valence-electron chi connectivity index (χ0n) is 11.6. The number of piperidine rings is 1. The molecule has 1 aliphatic carbocycles. The smallest absolute Gasteiger partial charge is 0.318 e. The molecule has 2 unspecified atom stereocenters. The van der Waals surface area contributed by atoms with Crippen LogP contribution in [0.25, 0.3) is 0 Å². The number of aliphatic carboxylic acids is 1. The number of rotatable bonds is 4. The highest BCUT2D eigenvalue weighted by Gasteiger charge is 2.30. The minimum absolute atomic E-state index is 0.187. The van der Waals surface area contributed by atoms with Gasteiger partial charge < -0.3 is 20.6 Å². The van der Waals surface area contributed by atoms with Crippen LogP contribution in [0.4, 0.5) is 4.79 Å². The van der Waals surface area contributed by atoms with Gasteiger partial charge in [-0.3, -0.25) is 9.59 Å². The lowest BCUT2D eigenvalue weighted by molar-refractivity contribution is -0.143. The van der Waals surface area contributed by atoms with Crippen molar-refractivity contribution < 1.29 is 19.5 Å². The first kappa shape index (κ1) is 14.6. The highest BCUT2D eigenvalue weighted by molar-refractivity contribution is 5.87. The summed E-state index contributed by atoms with van der Waals surface area (Å²) in [5.41, 5.74) is 0. The van der Waals surface area contributed by atoms with Gasteiger partial charge in [0.1, 0.15) is 6.04 Å². The fourth-order valence-corrected chi connectivity index (χ4v) is 2.26. The van der Waals surface area contributed by atoms with Crippen LogP contribution in [0.1, 0.15) is 32.6 Å². The number of amides is 3. The summed E-state index contributed by atoms with van der Waals surface area (Å²) < 4.78 is 0. The first-order valence-electron chi connectivity index (χ1n) is 7.06. The second-order valence-corrected chi connectivity index (χ2v) is 5.58. The lowest BCUT2D eigenvalue weighted by atomic mass is 9.99. The molecule has 2 rings (SSSR count). The van der Waals surface area contributed by atoms with Crippen LogP contribution in [0.2, 0.25) is 0 Å². The molecule has 2 fully saturated rings. The van der Waals surface area contributed by atoms with Gasteiger partial charge >= 0.3 is 12.0 Å². The Morgan fingerprint density at radius 3 is 2.55 bits per heavy atom. The predicted octanol–water partition coefficient (Wildman–Crippen LogP) is 0.160. The summed E-state index contributed by atoms with van der Waals surface area (Å²) in [5.74, 6) is -1.57.